The van der Waals surface area contributed by atoms with E-state index in [-0.39, 0.29) is 11.0 Å². The van der Waals surface area contributed by atoms with Gasteiger partial charge in [0.2, 0.25) is 5.91 Å². The van der Waals surface area contributed by atoms with Crippen LogP contribution in [-0.2, 0) is 11.2 Å². The first kappa shape index (κ1) is 22.2. The van der Waals surface area contributed by atoms with Gasteiger partial charge in [-0.2, -0.15) is 4.80 Å². The Balaban J connectivity index is 1.79. The van der Waals surface area contributed by atoms with Crippen LogP contribution in [0.3, 0.4) is 0 Å². The lowest BCUT2D eigenvalue weighted by atomic mass is 9.96. The van der Waals surface area contributed by atoms with E-state index in [2.05, 4.69) is 39.9 Å². The van der Waals surface area contributed by atoms with Crippen LogP contribution in [0, 0.1) is 5.41 Å². The SMILES string of the molecule is CCCCc1ccc(-n2nc3cc(Cl)c(NC(=S)NC(=O)C(C)(C)C)cc3n2)cc1. The number of anilines is 1. The smallest absolute Gasteiger partial charge is 0.231 e. The number of nitrogens with one attached hydrogen (secondary N) is 2. The van der Waals surface area contributed by atoms with Crippen molar-refractivity contribution in [3.63, 3.8) is 0 Å². The van der Waals surface area contributed by atoms with E-state index in [0.717, 1.165) is 12.1 Å². The van der Waals surface area contributed by atoms with Crippen molar-refractivity contribution in [1.82, 2.24) is 20.3 Å². The maximum Gasteiger partial charge on any atom is 0.231 e. The minimum Gasteiger partial charge on any atom is -0.331 e. The highest BCUT2D eigenvalue weighted by Gasteiger charge is 2.22. The second-order valence-corrected chi connectivity index (χ2v) is 9.05. The van der Waals surface area contributed by atoms with E-state index in [1.807, 2.05) is 32.9 Å². The van der Waals surface area contributed by atoms with Crippen molar-refractivity contribution >= 4 is 51.6 Å². The molecular formula is C22H26ClN5OS. The Bertz CT molecular complexity index is 1070. The number of thiocarbonyl (C=S) groups is 1. The third-order valence-corrected chi connectivity index (χ3v) is 5.13. The number of hydrogen-bond donors (Lipinski definition) is 2. The second kappa shape index (κ2) is 9.10. The molecule has 1 aromatic heterocycles. The first-order valence-corrected chi connectivity index (χ1v) is 10.7. The molecule has 158 valence electrons. The number of hydrogen-bond acceptors (Lipinski definition) is 4. The number of carbonyl (C=O) groups excluding carboxylic acids is 1. The van der Waals surface area contributed by atoms with Crippen molar-refractivity contribution in [2.45, 2.75) is 47.0 Å². The molecule has 3 aromatic rings. The molecule has 2 aromatic carbocycles. The first-order chi connectivity index (χ1) is 14.2. The Morgan fingerprint density at radius 2 is 1.77 bits per heavy atom. The van der Waals surface area contributed by atoms with Crippen LogP contribution >= 0.6 is 23.8 Å². The average Bonchev–Trinajstić information content (AvgIpc) is 3.09. The summed E-state index contributed by atoms with van der Waals surface area (Å²) in [6.45, 7) is 7.64. The third kappa shape index (κ3) is 5.34. The number of fused-ring (bicyclic) bond motifs is 1. The molecule has 0 bridgehead atoms. The minimum absolute atomic E-state index is 0.175. The molecular weight excluding hydrogens is 418 g/mol. The summed E-state index contributed by atoms with van der Waals surface area (Å²) in [5, 5.41) is 15.4. The molecule has 3 rings (SSSR count). The molecule has 0 aliphatic heterocycles. The molecule has 8 heteroatoms. The molecule has 1 heterocycles. The topological polar surface area (TPSA) is 71.8 Å². The summed E-state index contributed by atoms with van der Waals surface area (Å²) in [6.07, 6.45) is 3.42. The molecule has 0 spiro atoms. The largest absolute Gasteiger partial charge is 0.331 e. The lowest BCUT2D eigenvalue weighted by Crippen LogP contribution is -2.41. The molecule has 30 heavy (non-hydrogen) atoms. The number of carbonyl (C=O) groups is 1. The molecule has 0 fully saturated rings. The fourth-order valence-electron chi connectivity index (χ4n) is 2.77. The zero-order chi connectivity index (χ0) is 21.9. The quantitative estimate of drug-likeness (QED) is 0.525. The molecule has 2 N–H and O–H groups in total. The summed E-state index contributed by atoms with van der Waals surface area (Å²) in [6, 6.07) is 11.7. The number of aryl methyl sites for hydroxylation is 1. The normalized spacial score (nSPS) is 11.5. The monoisotopic (exact) mass is 443 g/mol. The van der Waals surface area contributed by atoms with Crippen LogP contribution in [0.25, 0.3) is 16.7 Å². The van der Waals surface area contributed by atoms with Crippen LogP contribution in [0.2, 0.25) is 5.02 Å². The van der Waals surface area contributed by atoms with Crippen LogP contribution in [0.1, 0.15) is 46.1 Å². The fraction of sp³-hybridized carbons (Fsp3) is 0.364. The zero-order valence-electron chi connectivity index (χ0n) is 17.6. The highest BCUT2D eigenvalue weighted by atomic mass is 35.5. The van der Waals surface area contributed by atoms with Gasteiger partial charge in [-0.25, -0.2) is 0 Å². The highest BCUT2D eigenvalue weighted by Crippen LogP contribution is 2.27. The number of benzene rings is 2. The Morgan fingerprint density at radius 1 is 1.13 bits per heavy atom. The molecule has 0 unspecified atom stereocenters. The molecule has 0 saturated heterocycles. The second-order valence-electron chi connectivity index (χ2n) is 8.24. The van der Waals surface area contributed by atoms with E-state index in [1.165, 1.54) is 18.4 Å². The van der Waals surface area contributed by atoms with Gasteiger partial charge in [0, 0.05) is 5.41 Å². The number of aromatic nitrogens is 3. The van der Waals surface area contributed by atoms with Crippen molar-refractivity contribution in [1.29, 1.82) is 0 Å². The standard InChI is InChI=1S/C22H26ClN5OS/c1-5-6-7-14-8-10-15(11-9-14)28-26-18-12-16(23)17(13-19(18)27-28)24-21(30)25-20(29)22(2,3)4/h8-13H,5-7H2,1-4H3,(H2,24,25,29,30). The summed E-state index contributed by atoms with van der Waals surface area (Å²) >= 11 is 11.6. The Kier molecular flexibility index (Phi) is 6.73. The minimum atomic E-state index is -0.547. The third-order valence-electron chi connectivity index (χ3n) is 4.61. The van der Waals surface area contributed by atoms with E-state index in [1.54, 1.807) is 16.9 Å². The van der Waals surface area contributed by atoms with Gasteiger partial charge in [0.05, 0.1) is 16.4 Å². The van der Waals surface area contributed by atoms with E-state index in [9.17, 15) is 4.79 Å². The zero-order valence-corrected chi connectivity index (χ0v) is 19.2. The van der Waals surface area contributed by atoms with E-state index in [4.69, 9.17) is 23.8 Å². The van der Waals surface area contributed by atoms with Crippen LogP contribution in [0.4, 0.5) is 5.69 Å². The molecule has 0 aliphatic rings. The summed E-state index contributed by atoms with van der Waals surface area (Å²) in [5.41, 5.74) is 3.54. The van der Waals surface area contributed by atoms with Gasteiger partial charge in [-0.1, -0.05) is 57.8 Å². The van der Waals surface area contributed by atoms with Gasteiger partial charge in [-0.3, -0.25) is 4.79 Å². The summed E-state index contributed by atoms with van der Waals surface area (Å²) in [4.78, 5) is 13.7. The van der Waals surface area contributed by atoms with E-state index in [0.29, 0.717) is 21.7 Å². The average molecular weight is 444 g/mol. The lowest BCUT2D eigenvalue weighted by molar-refractivity contribution is -0.126. The Labute approximate surface area is 187 Å². The maximum atomic E-state index is 12.1. The van der Waals surface area contributed by atoms with Gasteiger partial charge >= 0.3 is 0 Å². The van der Waals surface area contributed by atoms with Crippen LogP contribution in [0.15, 0.2) is 36.4 Å². The predicted octanol–water partition coefficient (Wildman–Crippen LogP) is 5.28. The summed E-state index contributed by atoms with van der Waals surface area (Å²) in [7, 11) is 0. The van der Waals surface area contributed by atoms with Crippen molar-refractivity contribution in [2.75, 3.05) is 5.32 Å². The van der Waals surface area contributed by atoms with Crippen LogP contribution in [0.5, 0.6) is 0 Å². The van der Waals surface area contributed by atoms with Gasteiger partial charge in [0.25, 0.3) is 0 Å². The summed E-state index contributed by atoms with van der Waals surface area (Å²) < 4.78 is 0. The van der Waals surface area contributed by atoms with E-state index >= 15 is 0 Å². The van der Waals surface area contributed by atoms with Crippen LogP contribution < -0.4 is 10.6 Å². The number of nitrogens with zero attached hydrogens (tertiary/aromatic N) is 3. The molecule has 0 atom stereocenters. The van der Waals surface area contributed by atoms with Gasteiger partial charge in [0.15, 0.2) is 5.11 Å². The van der Waals surface area contributed by atoms with Crippen molar-refractivity contribution in [2.24, 2.45) is 5.41 Å². The van der Waals surface area contributed by atoms with Gasteiger partial charge in [-0.05, 0) is 54.9 Å². The number of rotatable bonds is 5. The van der Waals surface area contributed by atoms with Gasteiger partial charge < -0.3 is 10.6 Å². The number of unbranched alkanes of at least 4 members (excludes halogenated alkanes) is 1. The number of amides is 1. The molecule has 0 radical (unpaired) electrons. The maximum absolute atomic E-state index is 12.1. The van der Waals surface area contributed by atoms with Crippen molar-refractivity contribution in [3.8, 4) is 5.69 Å². The molecule has 0 aliphatic carbocycles. The number of halogens is 1. The fourth-order valence-corrected chi connectivity index (χ4v) is 3.18. The van der Waals surface area contributed by atoms with Gasteiger partial charge in [0.1, 0.15) is 11.0 Å². The highest BCUT2D eigenvalue weighted by molar-refractivity contribution is 7.80. The van der Waals surface area contributed by atoms with Gasteiger partial charge in [-0.15, -0.1) is 10.2 Å². The molecule has 1 amide bonds. The van der Waals surface area contributed by atoms with Crippen molar-refractivity contribution < 1.29 is 4.79 Å². The van der Waals surface area contributed by atoms with E-state index < -0.39 is 5.41 Å². The van der Waals surface area contributed by atoms with Crippen molar-refractivity contribution in [3.05, 3.63) is 47.0 Å². The first-order valence-electron chi connectivity index (χ1n) is 9.95. The predicted molar refractivity (Wildman–Crippen MR) is 126 cm³/mol. The summed E-state index contributed by atoms with van der Waals surface area (Å²) in [5.74, 6) is -0.175. The van der Waals surface area contributed by atoms with Crippen LogP contribution in [-0.4, -0.2) is 26.0 Å². The Hall–Kier alpha value is -2.51. The lowest BCUT2D eigenvalue weighted by Gasteiger charge is -2.18. The Morgan fingerprint density at radius 3 is 2.37 bits per heavy atom. The molecule has 0 saturated carbocycles. The molecule has 6 nitrogen and oxygen atoms in total.